The zero-order valence-electron chi connectivity index (χ0n) is 25.1. The minimum atomic E-state index is -0.496. The third-order valence-electron chi connectivity index (χ3n) is 9.51. The van der Waals surface area contributed by atoms with E-state index in [1.165, 1.54) is 0 Å². The number of likely N-dealkylation sites (tertiary alicyclic amines) is 2. The molecule has 230 valence electrons. The van der Waals surface area contributed by atoms with Crippen molar-refractivity contribution in [3.05, 3.63) is 71.8 Å². The molecule has 8 nitrogen and oxygen atoms in total. The van der Waals surface area contributed by atoms with Crippen LogP contribution in [0.2, 0.25) is 0 Å². The van der Waals surface area contributed by atoms with E-state index in [4.69, 9.17) is 18.9 Å². The first-order valence-electron chi connectivity index (χ1n) is 16.1. The lowest BCUT2D eigenvalue weighted by atomic mass is 9.68. The van der Waals surface area contributed by atoms with Gasteiger partial charge >= 0.3 is 0 Å². The van der Waals surface area contributed by atoms with E-state index in [1.54, 1.807) is 0 Å². The second-order valence-corrected chi connectivity index (χ2v) is 12.3. The number of ether oxygens (including phenoxy) is 4. The van der Waals surface area contributed by atoms with Crippen LogP contribution in [-0.4, -0.2) is 61.4 Å². The zero-order valence-corrected chi connectivity index (χ0v) is 25.1. The molecule has 4 aliphatic heterocycles. The Morgan fingerprint density at radius 1 is 0.614 bits per heavy atom. The smallest absolute Gasteiger partial charge is 0.231 e. The van der Waals surface area contributed by atoms with E-state index in [1.807, 2.05) is 52.3 Å². The van der Waals surface area contributed by atoms with Crippen LogP contribution in [0.3, 0.4) is 0 Å². The molecule has 0 bridgehead atoms. The van der Waals surface area contributed by atoms with Crippen molar-refractivity contribution in [1.29, 1.82) is 0 Å². The summed E-state index contributed by atoms with van der Waals surface area (Å²) in [4.78, 5) is 32.6. The molecule has 2 aromatic rings. The molecule has 2 fully saturated rings. The first-order chi connectivity index (χ1) is 21.6. The molecule has 0 spiro atoms. The molecular weight excluding hydrogens is 556 g/mol. The van der Waals surface area contributed by atoms with Crippen LogP contribution in [0.1, 0.15) is 49.7 Å². The van der Waals surface area contributed by atoms with Gasteiger partial charge in [-0.3, -0.25) is 9.59 Å². The third-order valence-corrected chi connectivity index (χ3v) is 9.51. The molecule has 44 heavy (non-hydrogen) atoms. The number of allylic oxidation sites excluding steroid dienone is 3. The SMILES string of the molecule is O=C([C@H]1[C@H](C=Cc2ccc3c(c2)OCO3)[C@H](C=Cc2ccc3c(c2)OCO3)C=C[C@@H]1C(=O)N1CCCCC1)N1CCCCC1. The highest BCUT2D eigenvalue weighted by Gasteiger charge is 2.45. The van der Waals surface area contributed by atoms with Crippen molar-refractivity contribution in [2.45, 2.75) is 38.5 Å². The average Bonchev–Trinajstić information content (AvgIpc) is 3.75. The molecule has 4 heterocycles. The highest BCUT2D eigenvalue weighted by molar-refractivity contribution is 5.90. The van der Waals surface area contributed by atoms with Crippen LogP contribution < -0.4 is 18.9 Å². The van der Waals surface area contributed by atoms with Crippen molar-refractivity contribution in [3.8, 4) is 23.0 Å². The van der Waals surface area contributed by atoms with Crippen LogP contribution in [-0.2, 0) is 9.59 Å². The number of carbonyl (C=O) groups is 2. The van der Waals surface area contributed by atoms with Gasteiger partial charge in [-0.05, 0) is 79.8 Å². The number of fused-ring (bicyclic) bond motifs is 2. The molecule has 2 saturated heterocycles. The number of rotatable bonds is 6. The minimum Gasteiger partial charge on any atom is -0.454 e. The summed E-state index contributed by atoms with van der Waals surface area (Å²) in [5, 5.41) is 0. The predicted molar refractivity (Wildman–Crippen MR) is 167 cm³/mol. The highest BCUT2D eigenvalue weighted by Crippen LogP contribution is 2.41. The van der Waals surface area contributed by atoms with E-state index >= 15 is 0 Å². The van der Waals surface area contributed by atoms with Crippen molar-refractivity contribution in [1.82, 2.24) is 9.80 Å². The molecule has 4 atom stereocenters. The van der Waals surface area contributed by atoms with Gasteiger partial charge in [-0.15, -0.1) is 0 Å². The summed E-state index contributed by atoms with van der Waals surface area (Å²) in [6.45, 7) is 3.47. The highest BCUT2D eigenvalue weighted by atomic mass is 16.7. The zero-order chi connectivity index (χ0) is 29.9. The van der Waals surface area contributed by atoms with E-state index in [0.717, 1.165) is 93.1 Å². The van der Waals surface area contributed by atoms with Crippen LogP contribution in [0.5, 0.6) is 23.0 Å². The molecule has 7 rings (SSSR count). The molecule has 0 N–H and O–H groups in total. The summed E-state index contributed by atoms with van der Waals surface area (Å²) in [5.41, 5.74) is 1.96. The minimum absolute atomic E-state index is 0.0796. The Balaban J connectivity index is 1.25. The van der Waals surface area contributed by atoms with Crippen molar-refractivity contribution < 1.29 is 28.5 Å². The topological polar surface area (TPSA) is 77.5 Å². The quantitative estimate of drug-likeness (QED) is 0.385. The summed E-state index contributed by atoms with van der Waals surface area (Å²) < 4.78 is 22.2. The van der Waals surface area contributed by atoms with Gasteiger partial charge in [-0.2, -0.15) is 0 Å². The molecule has 1 aliphatic carbocycles. The number of carbonyl (C=O) groups excluding carboxylic acids is 2. The number of benzene rings is 2. The standard InChI is InChI=1S/C36H40N2O6/c39-35(37-17-3-1-4-18-37)29-14-12-27(11-7-25-9-15-30-32(21-25)43-23-41-30)28(34(29)36(40)38-19-5-2-6-20-38)13-8-26-10-16-31-33(22-26)44-24-42-31/h7-16,21-22,27-29,34H,1-6,17-20,23-24H2/t27-,28-,29+,34+/m1/s1. The summed E-state index contributed by atoms with van der Waals surface area (Å²) in [7, 11) is 0. The lowest BCUT2D eigenvalue weighted by Gasteiger charge is -2.41. The first-order valence-corrected chi connectivity index (χ1v) is 16.1. The Morgan fingerprint density at radius 2 is 1.14 bits per heavy atom. The summed E-state index contributed by atoms with van der Waals surface area (Å²) in [5.74, 6) is 1.80. The Bertz CT molecular complexity index is 1470. The molecule has 8 heteroatoms. The molecule has 2 aromatic carbocycles. The summed E-state index contributed by atoms with van der Waals surface area (Å²) in [6, 6.07) is 11.8. The van der Waals surface area contributed by atoms with Gasteiger partial charge in [0.25, 0.3) is 0 Å². The molecule has 5 aliphatic rings. The fourth-order valence-electron chi connectivity index (χ4n) is 7.10. The maximum absolute atomic E-state index is 14.5. The molecule has 0 unspecified atom stereocenters. The van der Waals surface area contributed by atoms with Crippen LogP contribution in [0.4, 0.5) is 0 Å². The summed E-state index contributed by atoms with van der Waals surface area (Å²) in [6.07, 6.45) is 18.9. The van der Waals surface area contributed by atoms with Gasteiger partial charge in [0, 0.05) is 32.1 Å². The molecular formula is C36H40N2O6. The van der Waals surface area contributed by atoms with E-state index in [0.29, 0.717) is 5.75 Å². The lowest BCUT2D eigenvalue weighted by Crippen LogP contribution is -2.51. The van der Waals surface area contributed by atoms with E-state index in [-0.39, 0.29) is 37.2 Å². The third kappa shape index (κ3) is 5.94. The number of nitrogens with zero attached hydrogens (tertiary/aromatic N) is 2. The van der Waals surface area contributed by atoms with Gasteiger partial charge in [-0.1, -0.05) is 48.6 Å². The maximum Gasteiger partial charge on any atom is 0.231 e. The largest absolute Gasteiger partial charge is 0.454 e. The van der Waals surface area contributed by atoms with Gasteiger partial charge in [0.05, 0.1) is 11.8 Å². The number of hydrogen-bond donors (Lipinski definition) is 0. The Hall–Kier alpha value is -4.20. The molecule has 0 radical (unpaired) electrons. The van der Waals surface area contributed by atoms with Gasteiger partial charge in [0.15, 0.2) is 23.0 Å². The second kappa shape index (κ2) is 12.8. The fourth-order valence-corrected chi connectivity index (χ4v) is 7.10. The van der Waals surface area contributed by atoms with Gasteiger partial charge in [-0.25, -0.2) is 0 Å². The molecule has 2 amide bonds. The monoisotopic (exact) mass is 596 g/mol. The van der Waals surface area contributed by atoms with Crippen LogP contribution >= 0.6 is 0 Å². The van der Waals surface area contributed by atoms with Crippen molar-refractivity contribution >= 4 is 24.0 Å². The van der Waals surface area contributed by atoms with E-state index < -0.39 is 11.8 Å². The van der Waals surface area contributed by atoms with Gasteiger partial charge in [0.1, 0.15) is 0 Å². The first kappa shape index (κ1) is 28.6. The van der Waals surface area contributed by atoms with Crippen LogP contribution in [0, 0.1) is 23.7 Å². The summed E-state index contributed by atoms with van der Waals surface area (Å²) >= 11 is 0. The maximum atomic E-state index is 14.5. The Labute approximate surface area is 258 Å². The second-order valence-electron chi connectivity index (χ2n) is 12.3. The van der Waals surface area contributed by atoms with Crippen molar-refractivity contribution in [2.24, 2.45) is 23.7 Å². The van der Waals surface area contributed by atoms with Gasteiger partial charge < -0.3 is 28.7 Å². The van der Waals surface area contributed by atoms with Crippen molar-refractivity contribution in [2.75, 3.05) is 39.8 Å². The van der Waals surface area contributed by atoms with Crippen LogP contribution in [0.25, 0.3) is 12.2 Å². The van der Waals surface area contributed by atoms with Crippen LogP contribution in [0.15, 0.2) is 60.7 Å². The fraction of sp³-hybridized carbons (Fsp3) is 0.444. The van der Waals surface area contributed by atoms with Crippen molar-refractivity contribution in [3.63, 3.8) is 0 Å². The Kier molecular flexibility index (Phi) is 8.31. The Morgan fingerprint density at radius 3 is 1.73 bits per heavy atom. The molecule has 0 saturated carbocycles. The van der Waals surface area contributed by atoms with Gasteiger partial charge in [0.2, 0.25) is 25.4 Å². The number of piperidine rings is 2. The number of hydrogen-bond acceptors (Lipinski definition) is 6. The number of amides is 2. The molecule has 0 aromatic heterocycles. The van der Waals surface area contributed by atoms with E-state index in [2.05, 4.69) is 30.4 Å². The average molecular weight is 597 g/mol. The lowest BCUT2D eigenvalue weighted by molar-refractivity contribution is -0.147. The van der Waals surface area contributed by atoms with E-state index in [9.17, 15) is 9.59 Å². The normalized spacial score (nSPS) is 26.1. The predicted octanol–water partition coefficient (Wildman–Crippen LogP) is 5.93.